The zero-order valence-corrected chi connectivity index (χ0v) is 12.1. The summed E-state index contributed by atoms with van der Waals surface area (Å²) in [6, 6.07) is 15.3. The average Bonchev–Trinajstić information content (AvgIpc) is 2.54. The number of benzene rings is 2. The Morgan fingerprint density at radius 2 is 1.95 bits per heavy atom. The van der Waals surface area contributed by atoms with E-state index in [2.05, 4.69) is 11.4 Å². The number of carbonyl (C=O) groups is 1. The van der Waals surface area contributed by atoms with Crippen molar-refractivity contribution in [3.63, 3.8) is 0 Å². The molecule has 3 rings (SSSR count). The smallest absolute Gasteiger partial charge is 0.187 e. The van der Waals surface area contributed by atoms with E-state index >= 15 is 0 Å². The van der Waals surface area contributed by atoms with Gasteiger partial charge in [0.05, 0.1) is 18.2 Å². The number of ether oxygens (including phenoxy) is 1. The molecule has 0 aliphatic carbocycles. The topological polar surface area (TPSA) is 38.3 Å². The Morgan fingerprint density at radius 1 is 1.19 bits per heavy atom. The number of nitrogens with one attached hydrogen (secondary N) is 1. The number of ketones is 1. The molecule has 0 saturated heterocycles. The predicted octanol–water partition coefficient (Wildman–Crippen LogP) is 3.16. The van der Waals surface area contributed by atoms with Gasteiger partial charge in [-0.05, 0) is 36.6 Å². The minimum absolute atomic E-state index is 0.0752. The van der Waals surface area contributed by atoms with E-state index in [1.165, 1.54) is 5.56 Å². The van der Waals surface area contributed by atoms with Gasteiger partial charge in [-0.3, -0.25) is 4.79 Å². The van der Waals surface area contributed by atoms with E-state index in [-0.39, 0.29) is 11.8 Å². The van der Waals surface area contributed by atoms with E-state index in [0.29, 0.717) is 17.9 Å². The lowest BCUT2D eigenvalue weighted by Gasteiger charge is -2.26. The van der Waals surface area contributed by atoms with Crippen molar-refractivity contribution in [2.75, 3.05) is 13.2 Å². The molecule has 1 unspecified atom stereocenters. The molecule has 1 aliphatic rings. The van der Waals surface area contributed by atoms with Crippen LogP contribution in [0.25, 0.3) is 0 Å². The second kappa shape index (κ2) is 6.10. The molecule has 0 aromatic heterocycles. The molecule has 2 aromatic rings. The number of Topliss-reactive ketones (excluding diaryl/α,β-unsaturated/α-hetero) is 1. The largest absolute Gasteiger partial charge is 0.493 e. The molecule has 3 heteroatoms. The lowest BCUT2D eigenvalue weighted by Crippen LogP contribution is -2.35. The van der Waals surface area contributed by atoms with E-state index in [4.69, 9.17) is 4.74 Å². The Hall–Kier alpha value is -2.13. The van der Waals surface area contributed by atoms with Gasteiger partial charge in [-0.2, -0.15) is 0 Å². The number of para-hydroxylation sites is 1. The third kappa shape index (κ3) is 2.69. The highest BCUT2D eigenvalue weighted by atomic mass is 16.5. The van der Waals surface area contributed by atoms with E-state index in [9.17, 15) is 4.79 Å². The van der Waals surface area contributed by atoms with Crippen molar-refractivity contribution < 1.29 is 9.53 Å². The van der Waals surface area contributed by atoms with Gasteiger partial charge in [0.2, 0.25) is 0 Å². The third-order valence-corrected chi connectivity index (χ3v) is 3.82. The van der Waals surface area contributed by atoms with Gasteiger partial charge in [0.1, 0.15) is 5.75 Å². The van der Waals surface area contributed by atoms with Crippen LogP contribution in [0.3, 0.4) is 0 Å². The Morgan fingerprint density at radius 3 is 2.81 bits per heavy atom. The summed E-state index contributed by atoms with van der Waals surface area (Å²) < 4.78 is 5.59. The number of fused-ring (bicyclic) bond motifs is 1. The van der Waals surface area contributed by atoms with Crippen LogP contribution in [0.15, 0.2) is 48.5 Å². The first-order valence-corrected chi connectivity index (χ1v) is 7.38. The summed E-state index contributed by atoms with van der Waals surface area (Å²) in [5.74, 6) is 0.737. The maximum atomic E-state index is 12.9. The van der Waals surface area contributed by atoms with E-state index < -0.39 is 0 Å². The molecule has 1 aliphatic heterocycles. The first-order chi connectivity index (χ1) is 10.3. The van der Waals surface area contributed by atoms with Crippen LogP contribution in [-0.2, 0) is 6.42 Å². The van der Waals surface area contributed by atoms with Crippen LogP contribution in [0.1, 0.15) is 34.5 Å². The SMILES string of the molecule is CCOc1ccccc1C(=O)C1NCCc2ccccc21. The van der Waals surface area contributed by atoms with Crippen molar-refractivity contribution in [2.45, 2.75) is 19.4 Å². The van der Waals surface area contributed by atoms with E-state index in [1.54, 1.807) is 0 Å². The highest BCUT2D eigenvalue weighted by molar-refractivity contribution is 6.03. The fourth-order valence-corrected chi connectivity index (χ4v) is 2.85. The zero-order valence-electron chi connectivity index (χ0n) is 12.1. The molecule has 0 radical (unpaired) electrons. The van der Waals surface area contributed by atoms with Gasteiger partial charge in [-0.1, -0.05) is 36.4 Å². The zero-order chi connectivity index (χ0) is 14.7. The summed E-state index contributed by atoms with van der Waals surface area (Å²) in [5, 5.41) is 3.34. The maximum absolute atomic E-state index is 12.9. The van der Waals surface area contributed by atoms with Gasteiger partial charge in [-0.15, -0.1) is 0 Å². The van der Waals surface area contributed by atoms with Gasteiger partial charge in [0.15, 0.2) is 5.78 Å². The monoisotopic (exact) mass is 281 g/mol. The first-order valence-electron chi connectivity index (χ1n) is 7.38. The Labute approximate surface area is 124 Å². The van der Waals surface area contributed by atoms with Gasteiger partial charge < -0.3 is 10.1 Å². The molecule has 1 heterocycles. The Balaban J connectivity index is 1.97. The molecule has 2 aromatic carbocycles. The summed E-state index contributed by atoms with van der Waals surface area (Å²) >= 11 is 0. The standard InChI is InChI=1S/C18H19NO2/c1-2-21-16-10-6-5-9-15(16)18(20)17-14-8-4-3-7-13(14)11-12-19-17/h3-10,17,19H,2,11-12H2,1H3. The first kappa shape index (κ1) is 13.8. The van der Waals surface area contributed by atoms with Crippen LogP contribution in [-0.4, -0.2) is 18.9 Å². The van der Waals surface area contributed by atoms with E-state index in [0.717, 1.165) is 18.5 Å². The molecule has 0 spiro atoms. The van der Waals surface area contributed by atoms with Crippen LogP contribution in [0.2, 0.25) is 0 Å². The molecule has 0 saturated carbocycles. The highest BCUT2D eigenvalue weighted by Gasteiger charge is 2.28. The Kier molecular flexibility index (Phi) is 4.02. The quantitative estimate of drug-likeness (QED) is 0.875. The van der Waals surface area contributed by atoms with Gasteiger partial charge in [0.25, 0.3) is 0 Å². The van der Waals surface area contributed by atoms with Crippen molar-refractivity contribution in [1.82, 2.24) is 5.32 Å². The van der Waals surface area contributed by atoms with Crippen molar-refractivity contribution in [3.05, 3.63) is 65.2 Å². The predicted molar refractivity (Wildman–Crippen MR) is 82.8 cm³/mol. The summed E-state index contributed by atoms with van der Waals surface area (Å²) in [6.07, 6.45) is 0.965. The molecule has 108 valence electrons. The molecule has 0 fully saturated rings. The average molecular weight is 281 g/mol. The maximum Gasteiger partial charge on any atom is 0.187 e. The van der Waals surface area contributed by atoms with Crippen LogP contribution >= 0.6 is 0 Å². The number of carbonyl (C=O) groups excluding carboxylic acids is 1. The van der Waals surface area contributed by atoms with Crippen molar-refractivity contribution >= 4 is 5.78 Å². The van der Waals surface area contributed by atoms with Crippen LogP contribution < -0.4 is 10.1 Å². The molecular weight excluding hydrogens is 262 g/mol. The molecule has 0 amide bonds. The van der Waals surface area contributed by atoms with Gasteiger partial charge in [-0.25, -0.2) is 0 Å². The molecule has 21 heavy (non-hydrogen) atoms. The van der Waals surface area contributed by atoms with Crippen molar-refractivity contribution in [3.8, 4) is 5.75 Å². The fraction of sp³-hybridized carbons (Fsp3) is 0.278. The molecule has 1 atom stereocenters. The van der Waals surface area contributed by atoms with Crippen molar-refractivity contribution in [1.29, 1.82) is 0 Å². The molecule has 0 bridgehead atoms. The highest BCUT2D eigenvalue weighted by Crippen LogP contribution is 2.29. The number of rotatable bonds is 4. The minimum atomic E-state index is -0.281. The van der Waals surface area contributed by atoms with Crippen LogP contribution in [0.4, 0.5) is 0 Å². The molecule has 1 N–H and O–H groups in total. The minimum Gasteiger partial charge on any atom is -0.493 e. The Bertz CT molecular complexity index is 651. The summed E-state index contributed by atoms with van der Waals surface area (Å²) in [5.41, 5.74) is 2.98. The number of hydrogen-bond acceptors (Lipinski definition) is 3. The third-order valence-electron chi connectivity index (χ3n) is 3.82. The van der Waals surface area contributed by atoms with Gasteiger partial charge in [0, 0.05) is 6.54 Å². The van der Waals surface area contributed by atoms with E-state index in [1.807, 2.05) is 49.4 Å². The fourth-order valence-electron chi connectivity index (χ4n) is 2.85. The normalized spacial score (nSPS) is 17.1. The lowest BCUT2D eigenvalue weighted by atomic mass is 9.89. The van der Waals surface area contributed by atoms with Crippen LogP contribution in [0.5, 0.6) is 5.75 Å². The second-order valence-corrected chi connectivity index (χ2v) is 5.13. The second-order valence-electron chi connectivity index (χ2n) is 5.13. The molecule has 3 nitrogen and oxygen atoms in total. The van der Waals surface area contributed by atoms with Crippen LogP contribution in [0, 0.1) is 0 Å². The summed E-state index contributed by atoms with van der Waals surface area (Å²) in [4.78, 5) is 12.9. The summed E-state index contributed by atoms with van der Waals surface area (Å²) in [7, 11) is 0. The van der Waals surface area contributed by atoms with Gasteiger partial charge >= 0.3 is 0 Å². The van der Waals surface area contributed by atoms with Crippen molar-refractivity contribution in [2.24, 2.45) is 0 Å². The summed E-state index contributed by atoms with van der Waals surface area (Å²) in [6.45, 7) is 3.30. The number of hydrogen-bond donors (Lipinski definition) is 1. The lowest BCUT2D eigenvalue weighted by molar-refractivity contribution is 0.0936. The molecular formula is C18H19NO2.